The van der Waals surface area contributed by atoms with Crippen LogP contribution in [0, 0.1) is 12.3 Å². The predicted molar refractivity (Wildman–Crippen MR) is 55.5 cm³/mol. The number of unbranched alkanes of at least 4 members (excludes halogenated alkanes) is 2. The van der Waals surface area contributed by atoms with Gasteiger partial charge in [0.2, 0.25) is 5.91 Å². The molecule has 0 aliphatic carbocycles. The fraction of sp³-hybridized carbons (Fsp3) is 0.700. The summed E-state index contributed by atoms with van der Waals surface area (Å²) in [5.74, 6) is 2.39. The maximum atomic E-state index is 11.3. The van der Waals surface area contributed by atoms with Crippen molar-refractivity contribution in [2.24, 2.45) is 5.73 Å². The van der Waals surface area contributed by atoms with Gasteiger partial charge in [0.15, 0.2) is 0 Å². The van der Waals surface area contributed by atoms with E-state index in [0.29, 0.717) is 6.54 Å². The van der Waals surface area contributed by atoms with E-state index in [4.69, 9.17) is 16.9 Å². The maximum Gasteiger partial charge on any atom is 0.250 e. The van der Waals surface area contributed by atoms with Crippen molar-refractivity contribution in [1.82, 2.24) is 5.32 Å². The van der Waals surface area contributed by atoms with Crippen molar-refractivity contribution in [3.05, 3.63) is 0 Å². The average Bonchev–Trinajstić information content (AvgIpc) is 2.19. The van der Waals surface area contributed by atoms with Crippen LogP contribution in [0.1, 0.15) is 19.3 Å². The summed E-state index contributed by atoms with van der Waals surface area (Å²) in [5.41, 5.74) is 5.32. The number of ether oxygens (including phenoxy) is 1. The first-order valence-corrected chi connectivity index (χ1v) is 4.70. The summed E-state index contributed by atoms with van der Waals surface area (Å²) in [6.45, 7) is 0.826. The molecule has 4 heteroatoms. The Morgan fingerprint density at radius 2 is 2.36 bits per heavy atom. The van der Waals surface area contributed by atoms with Gasteiger partial charge in [-0.05, 0) is 12.8 Å². The van der Waals surface area contributed by atoms with E-state index in [1.807, 2.05) is 0 Å². The standard InChI is InChI=1S/C10H18N2O2/c1-3-4-5-6-7-12-10(13)9(8-11)14-2/h1,9H,4-8,11H2,2H3,(H,12,13). The average molecular weight is 198 g/mol. The normalized spacial score (nSPS) is 11.8. The Morgan fingerprint density at radius 3 is 2.86 bits per heavy atom. The SMILES string of the molecule is C#CCCCCNC(=O)C(CN)OC. The molecule has 0 saturated heterocycles. The fourth-order valence-corrected chi connectivity index (χ4v) is 0.988. The van der Waals surface area contributed by atoms with Crippen LogP contribution in [0.3, 0.4) is 0 Å². The number of methoxy groups -OCH3 is 1. The van der Waals surface area contributed by atoms with Gasteiger partial charge in [0.1, 0.15) is 6.10 Å². The van der Waals surface area contributed by atoms with Gasteiger partial charge >= 0.3 is 0 Å². The summed E-state index contributed by atoms with van der Waals surface area (Å²) in [7, 11) is 1.47. The Morgan fingerprint density at radius 1 is 1.64 bits per heavy atom. The zero-order chi connectivity index (χ0) is 10.8. The highest BCUT2D eigenvalue weighted by molar-refractivity contribution is 5.80. The number of carbonyl (C=O) groups excluding carboxylic acids is 1. The van der Waals surface area contributed by atoms with Crippen molar-refractivity contribution in [3.8, 4) is 12.3 Å². The zero-order valence-electron chi connectivity index (χ0n) is 8.58. The lowest BCUT2D eigenvalue weighted by Gasteiger charge is -2.12. The minimum atomic E-state index is -0.539. The van der Waals surface area contributed by atoms with Crippen molar-refractivity contribution in [2.45, 2.75) is 25.4 Å². The lowest BCUT2D eigenvalue weighted by molar-refractivity contribution is -0.130. The summed E-state index contributed by atoms with van der Waals surface area (Å²) >= 11 is 0. The maximum absolute atomic E-state index is 11.3. The highest BCUT2D eigenvalue weighted by Gasteiger charge is 2.13. The Bertz CT molecular complexity index is 195. The molecular formula is C10H18N2O2. The Labute approximate surface area is 85.2 Å². The lowest BCUT2D eigenvalue weighted by Crippen LogP contribution is -2.40. The first kappa shape index (κ1) is 12.9. The number of terminal acetylenes is 1. The molecule has 0 aliphatic heterocycles. The minimum Gasteiger partial charge on any atom is -0.370 e. The number of hydrogen-bond donors (Lipinski definition) is 2. The first-order chi connectivity index (χ1) is 6.76. The molecule has 80 valence electrons. The number of hydrogen-bond acceptors (Lipinski definition) is 3. The van der Waals surface area contributed by atoms with E-state index in [1.165, 1.54) is 7.11 Å². The van der Waals surface area contributed by atoms with Crippen LogP contribution >= 0.6 is 0 Å². The number of nitrogens with two attached hydrogens (primary N) is 1. The van der Waals surface area contributed by atoms with Crippen LogP contribution in [-0.2, 0) is 9.53 Å². The molecule has 4 nitrogen and oxygen atoms in total. The van der Waals surface area contributed by atoms with E-state index in [9.17, 15) is 4.79 Å². The van der Waals surface area contributed by atoms with Crippen molar-refractivity contribution in [2.75, 3.05) is 20.2 Å². The van der Waals surface area contributed by atoms with E-state index < -0.39 is 6.10 Å². The largest absolute Gasteiger partial charge is 0.370 e. The monoisotopic (exact) mass is 198 g/mol. The van der Waals surface area contributed by atoms with Gasteiger partial charge in [0, 0.05) is 26.6 Å². The molecular weight excluding hydrogens is 180 g/mol. The lowest BCUT2D eigenvalue weighted by atomic mass is 10.2. The van der Waals surface area contributed by atoms with Gasteiger partial charge in [0.05, 0.1) is 0 Å². The second-order valence-electron chi connectivity index (χ2n) is 2.91. The third-order valence-corrected chi connectivity index (χ3v) is 1.84. The Kier molecular flexibility index (Phi) is 7.90. The third kappa shape index (κ3) is 5.57. The topological polar surface area (TPSA) is 64.4 Å². The van der Waals surface area contributed by atoms with Crippen LogP contribution in [0.2, 0.25) is 0 Å². The van der Waals surface area contributed by atoms with E-state index in [-0.39, 0.29) is 12.5 Å². The Balaban J connectivity index is 3.48. The molecule has 0 aliphatic rings. The molecule has 1 atom stereocenters. The summed E-state index contributed by atoms with van der Waals surface area (Å²) < 4.78 is 4.87. The summed E-state index contributed by atoms with van der Waals surface area (Å²) in [6.07, 6.45) is 7.11. The third-order valence-electron chi connectivity index (χ3n) is 1.84. The van der Waals surface area contributed by atoms with Crippen LogP contribution in [0.15, 0.2) is 0 Å². The molecule has 3 N–H and O–H groups in total. The van der Waals surface area contributed by atoms with E-state index >= 15 is 0 Å². The van der Waals surface area contributed by atoms with Crippen molar-refractivity contribution in [1.29, 1.82) is 0 Å². The quantitative estimate of drug-likeness (QED) is 0.443. The molecule has 0 spiro atoms. The van der Waals surface area contributed by atoms with Gasteiger partial charge < -0.3 is 15.8 Å². The van der Waals surface area contributed by atoms with Gasteiger partial charge in [0.25, 0.3) is 0 Å². The number of amides is 1. The molecule has 0 aromatic heterocycles. The zero-order valence-corrected chi connectivity index (χ0v) is 8.58. The van der Waals surface area contributed by atoms with Gasteiger partial charge in [-0.1, -0.05) is 0 Å². The predicted octanol–water partition coefficient (Wildman–Crippen LogP) is -0.120. The van der Waals surface area contributed by atoms with Gasteiger partial charge in [-0.25, -0.2) is 0 Å². The van der Waals surface area contributed by atoms with Crippen molar-refractivity contribution in [3.63, 3.8) is 0 Å². The van der Waals surface area contributed by atoms with Crippen LogP contribution in [0.5, 0.6) is 0 Å². The molecule has 1 unspecified atom stereocenters. The van der Waals surface area contributed by atoms with Crippen molar-refractivity contribution >= 4 is 5.91 Å². The number of nitrogens with one attached hydrogen (secondary N) is 1. The van der Waals surface area contributed by atoms with Crippen molar-refractivity contribution < 1.29 is 9.53 Å². The molecule has 0 aromatic carbocycles. The highest BCUT2D eigenvalue weighted by atomic mass is 16.5. The number of carbonyl (C=O) groups is 1. The Hall–Kier alpha value is -1.05. The molecule has 1 amide bonds. The fourth-order valence-electron chi connectivity index (χ4n) is 0.988. The summed E-state index contributed by atoms with van der Waals surface area (Å²) in [5, 5.41) is 2.73. The molecule has 0 bridgehead atoms. The summed E-state index contributed by atoms with van der Waals surface area (Å²) in [6, 6.07) is 0. The molecule has 0 aromatic rings. The van der Waals surface area contributed by atoms with Gasteiger partial charge in [-0.3, -0.25) is 4.79 Å². The molecule has 0 radical (unpaired) electrons. The minimum absolute atomic E-state index is 0.157. The van der Waals surface area contributed by atoms with Crippen LogP contribution in [0.25, 0.3) is 0 Å². The van der Waals surface area contributed by atoms with Crippen LogP contribution in [-0.4, -0.2) is 32.2 Å². The van der Waals surface area contributed by atoms with Gasteiger partial charge in [-0.15, -0.1) is 12.3 Å². The van der Waals surface area contributed by atoms with E-state index in [1.54, 1.807) is 0 Å². The molecule has 0 rings (SSSR count). The second kappa shape index (κ2) is 8.54. The molecule has 0 saturated carbocycles. The number of rotatable bonds is 7. The smallest absolute Gasteiger partial charge is 0.250 e. The molecule has 0 fully saturated rings. The van der Waals surface area contributed by atoms with E-state index in [2.05, 4.69) is 11.2 Å². The second-order valence-corrected chi connectivity index (χ2v) is 2.91. The van der Waals surface area contributed by atoms with Crippen LogP contribution < -0.4 is 11.1 Å². The summed E-state index contributed by atoms with van der Waals surface area (Å²) in [4.78, 5) is 11.3. The van der Waals surface area contributed by atoms with Crippen LogP contribution in [0.4, 0.5) is 0 Å². The molecule has 14 heavy (non-hydrogen) atoms. The first-order valence-electron chi connectivity index (χ1n) is 4.70. The van der Waals surface area contributed by atoms with E-state index in [0.717, 1.165) is 19.3 Å². The molecule has 0 heterocycles. The van der Waals surface area contributed by atoms with Gasteiger partial charge in [-0.2, -0.15) is 0 Å². The highest BCUT2D eigenvalue weighted by Crippen LogP contribution is 1.92.